The highest BCUT2D eigenvalue weighted by Gasteiger charge is 2.17. The molecule has 0 amide bonds. The number of benzene rings is 1. The molecule has 0 saturated carbocycles. The number of phenolic OH excluding ortho intramolecular Hbond substituents is 1. The number of aromatic nitrogens is 2. The molecule has 0 bridgehead atoms. The van der Waals surface area contributed by atoms with Gasteiger partial charge >= 0.3 is 0 Å². The molecule has 1 aromatic carbocycles. The summed E-state index contributed by atoms with van der Waals surface area (Å²) >= 11 is 0. The SMILES string of the molecule is CCC[C@@H](CCO)Nc1nc(N)nc(C)c1Cc1ccc(CN(C)C)cc1O. The molecule has 2 aromatic rings. The standard InChI is InChI=1S/C21H33N5O2/c1-5-6-17(9-10-27)24-20-18(14(2)23-21(22)25-20)12-16-8-7-15(11-19(16)28)13-26(3)4/h7-8,11,17,27-28H,5-6,9-10,12-13H2,1-4H3,(H3,22,23,24,25)/t17-/m0/s1. The summed E-state index contributed by atoms with van der Waals surface area (Å²) in [5.41, 5.74) is 9.44. The van der Waals surface area contributed by atoms with Crippen molar-refractivity contribution < 1.29 is 10.2 Å². The summed E-state index contributed by atoms with van der Waals surface area (Å²) in [5, 5.41) is 23.3. The van der Waals surface area contributed by atoms with Crippen LogP contribution in [0.5, 0.6) is 5.75 Å². The molecular formula is C21H33N5O2. The van der Waals surface area contributed by atoms with Crippen LogP contribution >= 0.6 is 0 Å². The minimum absolute atomic E-state index is 0.110. The van der Waals surface area contributed by atoms with E-state index in [1.807, 2.05) is 39.2 Å². The van der Waals surface area contributed by atoms with Gasteiger partial charge in [0.15, 0.2) is 0 Å². The van der Waals surface area contributed by atoms with Gasteiger partial charge in [0, 0.05) is 36.9 Å². The smallest absolute Gasteiger partial charge is 0.222 e. The first kappa shape index (κ1) is 21.9. The number of anilines is 2. The number of phenols is 1. The van der Waals surface area contributed by atoms with Crippen molar-refractivity contribution in [1.82, 2.24) is 14.9 Å². The zero-order chi connectivity index (χ0) is 20.7. The number of aliphatic hydroxyl groups excluding tert-OH is 1. The van der Waals surface area contributed by atoms with Crippen LogP contribution in [0.1, 0.15) is 48.6 Å². The number of nitrogens with zero attached hydrogens (tertiary/aromatic N) is 3. The van der Waals surface area contributed by atoms with Crippen molar-refractivity contribution in [2.75, 3.05) is 31.8 Å². The van der Waals surface area contributed by atoms with Gasteiger partial charge in [0.25, 0.3) is 0 Å². The number of nitrogens with two attached hydrogens (primary N) is 1. The Labute approximate surface area is 167 Å². The van der Waals surface area contributed by atoms with Gasteiger partial charge in [-0.05, 0) is 51.1 Å². The van der Waals surface area contributed by atoms with Gasteiger partial charge in [-0.1, -0.05) is 25.5 Å². The van der Waals surface area contributed by atoms with E-state index in [4.69, 9.17) is 5.73 Å². The number of nitrogen functional groups attached to an aromatic ring is 1. The summed E-state index contributed by atoms with van der Waals surface area (Å²) in [6.45, 7) is 4.89. The maximum absolute atomic E-state index is 10.5. The van der Waals surface area contributed by atoms with E-state index >= 15 is 0 Å². The van der Waals surface area contributed by atoms with E-state index < -0.39 is 0 Å². The molecule has 28 heavy (non-hydrogen) atoms. The zero-order valence-electron chi connectivity index (χ0n) is 17.4. The number of aliphatic hydroxyl groups is 1. The van der Waals surface area contributed by atoms with Crippen molar-refractivity contribution in [1.29, 1.82) is 0 Å². The van der Waals surface area contributed by atoms with E-state index in [0.717, 1.165) is 41.8 Å². The number of hydrogen-bond acceptors (Lipinski definition) is 7. The van der Waals surface area contributed by atoms with E-state index in [-0.39, 0.29) is 24.3 Å². The highest BCUT2D eigenvalue weighted by Crippen LogP contribution is 2.28. The summed E-state index contributed by atoms with van der Waals surface area (Å²) in [5.74, 6) is 1.16. The van der Waals surface area contributed by atoms with Crippen LogP contribution in [0.15, 0.2) is 18.2 Å². The summed E-state index contributed by atoms with van der Waals surface area (Å²) < 4.78 is 0. The van der Waals surface area contributed by atoms with Crippen LogP contribution in [0.4, 0.5) is 11.8 Å². The number of aromatic hydroxyl groups is 1. The van der Waals surface area contributed by atoms with Crippen molar-refractivity contribution >= 4 is 11.8 Å². The second kappa shape index (κ2) is 10.2. The second-order valence-corrected chi connectivity index (χ2v) is 7.51. The number of aryl methyl sites for hydroxylation is 1. The normalized spacial score (nSPS) is 12.4. The van der Waals surface area contributed by atoms with Crippen LogP contribution in [-0.4, -0.2) is 51.8 Å². The van der Waals surface area contributed by atoms with Crippen molar-refractivity contribution in [2.45, 2.75) is 52.1 Å². The van der Waals surface area contributed by atoms with Gasteiger partial charge in [0.2, 0.25) is 5.95 Å². The third kappa shape index (κ3) is 6.07. The molecule has 7 heteroatoms. The lowest BCUT2D eigenvalue weighted by Gasteiger charge is -2.21. The summed E-state index contributed by atoms with van der Waals surface area (Å²) in [6.07, 6.45) is 3.06. The summed E-state index contributed by atoms with van der Waals surface area (Å²) in [7, 11) is 3.99. The third-order valence-corrected chi connectivity index (χ3v) is 4.70. The lowest BCUT2D eigenvalue weighted by Crippen LogP contribution is -2.23. The van der Waals surface area contributed by atoms with Crippen molar-refractivity contribution in [3.8, 4) is 5.75 Å². The molecule has 1 atom stereocenters. The Kier molecular flexibility index (Phi) is 8.02. The highest BCUT2D eigenvalue weighted by molar-refractivity contribution is 5.53. The quantitative estimate of drug-likeness (QED) is 0.496. The molecule has 0 saturated heterocycles. The molecule has 0 fully saturated rings. The number of hydrogen-bond donors (Lipinski definition) is 4. The average Bonchev–Trinajstić information content (AvgIpc) is 2.59. The second-order valence-electron chi connectivity index (χ2n) is 7.51. The molecular weight excluding hydrogens is 354 g/mol. The minimum Gasteiger partial charge on any atom is -0.508 e. The van der Waals surface area contributed by atoms with E-state index in [2.05, 4.69) is 27.1 Å². The van der Waals surface area contributed by atoms with Crippen molar-refractivity contribution in [3.05, 3.63) is 40.6 Å². The molecule has 2 rings (SSSR count). The van der Waals surface area contributed by atoms with Gasteiger partial charge in [0.05, 0.1) is 0 Å². The Morgan fingerprint density at radius 1 is 1.21 bits per heavy atom. The van der Waals surface area contributed by atoms with E-state index in [9.17, 15) is 10.2 Å². The van der Waals surface area contributed by atoms with Crippen molar-refractivity contribution in [3.63, 3.8) is 0 Å². The van der Waals surface area contributed by atoms with Crippen LogP contribution in [0, 0.1) is 6.92 Å². The molecule has 154 valence electrons. The Bertz CT molecular complexity index is 774. The largest absolute Gasteiger partial charge is 0.508 e. The molecule has 0 unspecified atom stereocenters. The molecule has 0 aliphatic carbocycles. The molecule has 5 N–H and O–H groups in total. The Hall–Kier alpha value is -2.38. The molecule has 0 radical (unpaired) electrons. The first-order chi connectivity index (χ1) is 13.3. The number of rotatable bonds is 10. The van der Waals surface area contributed by atoms with Crippen LogP contribution in [0.3, 0.4) is 0 Å². The molecule has 1 aromatic heterocycles. The van der Waals surface area contributed by atoms with Gasteiger partial charge in [-0.3, -0.25) is 0 Å². The van der Waals surface area contributed by atoms with Crippen LogP contribution in [0.2, 0.25) is 0 Å². The maximum atomic E-state index is 10.5. The van der Waals surface area contributed by atoms with Gasteiger partial charge in [0.1, 0.15) is 11.6 Å². The van der Waals surface area contributed by atoms with Crippen LogP contribution < -0.4 is 11.1 Å². The topological polar surface area (TPSA) is 108 Å². The fraction of sp³-hybridized carbons (Fsp3) is 0.524. The molecule has 0 spiro atoms. The van der Waals surface area contributed by atoms with Gasteiger partial charge in [-0.2, -0.15) is 4.98 Å². The fourth-order valence-electron chi connectivity index (χ4n) is 3.35. The Morgan fingerprint density at radius 2 is 1.96 bits per heavy atom. The van der Waals surface area contributed by atoms with Gasteiger partial charge in [-0.25, -0.2) is 4.98 Å². The first-order valence-corrected chi connectivity index (χ1v) is 9.79. The predicted octanol–water partition coefficient (Wildman–Crippen LogP) is 2.69. The Balaban J connectivity index is 2.32. The predicted molar refractivity (Wildman–Crippen MR) is 114 cm³/mol. The molecule has 7 nitrogen and oxygen atoms in total. The minimum atomic E-state index is 0.110. The molecule has 0 aliphatic rings. The van der Waals surface area contributed by atoms with Gasteiger partial charge < -0.3 is 26.2 Å². The molecule has 1 heterocycles. The lowest BCUT2D eigenvalue weighted by atomic mass is 10.0. The van der Waals surface area contributed by atoms with Crippen LogP contribution in [0.25, 0.3) is 0 Å². The fourth-order valence-corrected chi connectivity index (χ4v) is 3.35. The van der Waals surface area contributed by atoms with Crippen LogP contribution in [-0.2, 0) is 13.0 Å². The number of nitrogens with one attached hydrogen (secondary N) is 1. The maximum Gasteiger partial charge on any atom is 0.222 e. The van der Waals surface area contributed by atoms with Crippen molar-refractivity contribution in [2.24, 2.45) is 0 Å². The van der Waals surface area contributed by atoms with E-state index in [0.29, 0.717) is 18.7 Å². The Morgan fingerprint density at radius 3 is 2.57 bits per heavy atom. The lowest BCUT2D eigenvalue weighted by molar-refractivity contribution is 0.276. The zero-order valence-corrected chi connectivity index (χ0v) is 17.4. The highest BCUT2D eigenvalue weighted by atomic mass is 16.3. The van der Waals surface area contributed by atoms with E-state index in [1.165, 1.54) is 0 Å². The first-order valence-electron chi connectivity index (χ1n) is 9.79. The third-order valence-electron chi connectivity index (χ3n) is 4.70. The molecule has 0 aliphatic heterocycles. The monoisotopic (exact) mass is 387 g/mol. The van der Waals surface area contributed by atoms with Gasteiger partial charge in [-0.15, -0.1) is 0 Å². The van der Waals surface area contributed by atoms with E-state index in [1.54, 1.807) is 0 Å². The summed E-state index contributed by atoms with van der Waals surface area (Å²) in [6, 6.07) is 5.90. The summed E-state index contributed by atoms with van der Waals surface area (Å²) in [4.78, 5) is 10.8. The average molecular weight is 388 g/mol.